The predicted molar refractivity (Wildman–Crippen MR) is 73.7 cm³/mol. The van der Waals surface area contributed by atoms with Crippen molar-refractivity contribution in [1.29, 1.82) is 0 Å². The van der Waals surface area contributed by atoms with Crippen molar-refractivity contribution in [2.45, 2.75) is 6.92 Å². The van der Waals surface area contributed by atoms with Crippen LogP contribution in [0.25, 0.3) is 23.0 Å². The number of phenolic OH excluding ortho intramolecular Hbond substituents is 1. The Morgan fingerprint density at radius 3 is 2.67 bits per heavy atom. The number of benzene rings is 1. The highest BCUT2D eigenvalue weighted by Crippen LogP contribution is 2.32. The Morgan fingerprint density at radius 2 is 2.00 bits per heavy atom. The molecule has 1 aromatic carbocycles. The molecule has 0 spiro atoms. The lowest BCUT2D eigenvalue weighted by Gasteiger charge is -2.02. The molecule has 0 amide bonds. The number of ether oxygens (including phenoxy) is 1. The molecule has 0 atom stereocenters. The van der Waals surface area contributed by atoms with Gasteiger partial charge < -0.3 is 14.4 Å². The third kappa shape index (κ3) is 2.53. The lowest BCUT2D eigenvalue weighted by atomic mass is 10.2. The number of hydrogen-bond donors (Lipinski definition) is 1. The number of nitrogens with zero attached hydrogens (tertiary/aromatic N) is 4. The summed E-state index contributed by atoms with van der Waals surface area (Å²) in [5.41, 5.74) is 1.73. The van der Waals surface area contributed by atoms with Crippen molar-refractivity contribution < 1.29 is 14.4 Å². The first-order valence-electron chi connectivity index (χ1n) is 6.19. The summed E-state index contributed by atoms with van der Waals surface area (Å²) in [7, 11) is 1.52. The molecule has 7 heteroatoms. The smallest absolute Gasteiger partial charge is 0.262 e. The summed E-state index contributed by atoms with van der Waals surface area (Å²) in [6.45, 7) is 1.84. The molecule has 0 bridgehead atoms. The Labute approximate surface area is 120 Å². The van der Waals surface area contributed by atoms with Gasteiger partial charge in [0, 0.05) is 6.07 Å². The second-order valence-electron chi connectivity index (χ2n) is 4.37. The number of aryl methyl sites for hydroxylation is 1. The largest absolute Gasteiger partial charge is 0.507 e. The quantitative estimate of drug-likeness (QED) is 0.787. The van der Waals surface area contributed by atoms with Crippen molar-refractivity contribution in [3.05, 3.63) is 36.0 Å². The molecule has 0 saturated heterocycles. The summed E-state index contributed by atoms with van der Waals surface area (Å²) >= 11 is 0. The highest BCUT2D eigenvalue weighted by Gasteiger charge is 2.15. The summed E-state index contributed by atoms with van der Waals surface area (Å²) in [4.78, 5) is 4.22. The maximum Gasteiger partial charge on any atom is 0.262 e. The molecule has 2 heterocycles. The Morgan fingerprint density at radius 1 is 1.14 bits per heavy atom. The normalized spacial score (nSPS) is 10.6. The first-order valence-corrected chi connectivity index (χ1v) is 6.19. The maximum absolute atomic E-state index is 9.96. The van der Waals surface area contributed by atoms with Gasteiger partial charge in [-0.05, 0) is 31.2 Å². The molecule has 0 aliphatic rings. The van der Waals surface area contributed by atoms with E-state index in [0.29, 0.717) is 22.8 Å². The van der Waals surface area contributed by atoms with Crippen LogP contribution in [0.3, 0.4) is 0 Å². The summed E-state index contributed by atoms with van der Waals surface area (Å²) in [6, 6.07) is 8.38. The van der Waals surface area contributed by atoms with Crippen LogP contribution in [0, 0.1) is 6.92 Å². The van der Waals surface area contributed by atoms with Gasteiger partial charge in [-0.15, -0.1) is 5.10 Å². The minimum atomic E-state index is -0.000426. The van der Waals surface area contributed by atoms with Crippen LogP contribution in [0.5, 0.6) is 11.5 Å². The summed E-state index contributed by atoms with van der Waals surface area (Å²) in [6.07, 6.45) is 0. The molecule has 0 aliphatic heterocycles. The number of aromatic hydroxyl groups is 1. The van der Waals surface area contributed by atoms with Crippen LogP contribution in [0.1, 0.15) is 5.69 Å². The zero-order valence-electron chi connectivity index (χ0n) is 11.4. The van der Waals surface area contributed by atoms with Crippen molar-refractivity contribution >= 4 is 0 Å². The van der Waals surface area contributed by atoms with Crippen LogP contribution in [0.15, 0.2) is 34.9 Å². The van der Waals surface area contributed by atoms with Crippen LogP contribution in [0.4, 0.5) is 0 Å². The number of phenols is 1. The zero-order valence-corrected chi connectivity index (χ0v) is 11.4. The van der Waals surface area contributed by atoms with Crippen molar-refractivity contribution in [2.75, 3.05) is 7.11 Å². The van der Waals surface area contributed by atoms with Gasteiger partial charge in [-0.3, -0.25) is 0 Å². The molecule has 7 nitrogen and oxygen atoms in total. The lowest BCUT2D eigenvalue weighted by molar-refractivity contribution is 0.405. The first-order chi connectivity index (χ1) is 10.2. The number of aromatic nitrogens is 4. The highest BCUT2D eigenvalue weighted by atomic mass is 16.5. The van der Waals surface area contributed by atoms with Gasteiger partial charge in [0.15, 0.2) is 0 Å². The van der Waals surface area contributed by atoms with E-state index in [0.717, 1.165) is 5.69 Å². The SMILES string of the molecule is COc1ccc(-c2nc(-c3ccc(C)nn3)no2)c(O)c1. The zero-order chi connectivity index (χ0) is 14.8. The van der Waals surface area contributed by atoms with Gasteiger partial charge in [0.25, 0.3) is 5.89 Å². The summed E-state index contributed by atoms with van der Waals surface area (Å²) in [5, 5.41) is 21.7. The van der Waals surface area contributed by atoms with Crippen LogP contribution < -0.4 is 4.74 Å². The molecule has 1 N–H and O–H groups in total. The van der Waals surface area contributed by atoms with E-state index < -0.39 is 0 Å². The van der Waals surface area contributed by atoms with Crippen LogP contribution >= 0.6 is 0 Å². The highest BCUT2D eigenvalue weighted by molar-refractivity contribution is 5.65. The third-order valence-electron chi connectivity index (χ3n) is 2.89. The Kier molecular flexibility index (Phi) is 3.23. The van der Waals surface area contributed by atoms with Gasteiger partial charge in [-0.2, -0.15) is 10.1 Å². The van der Waals surface area contributed by atoms with Crippen molar-refractivity contribution in [1.82, 2.24) is 20.3 Å². The molecule has 3 aromatic rings. The van der Waals surface area contributed by atoms with E-state index in [9.17, 15) is 5.11 Å². The Bertz CT molecular complexity index is 768. The fraction of sp³-hybridized carbons (Fsp3) is 0.143. The predicted octanol–water partition coefficient (Wildman–Crippen LogP) is 2.22. The Hall–Kier alpha value is -2.96. The van der Waals surface area contributed by atoms with Crippen molar-refractivity contribution in [2.24, 2.45) is 0 Å². The standard InChI is InChI=1S/C14H12N4O3/c1-8-3-6-11(17-16-8)13-15-14(21-18-13)10-5-4-9(20-2)7-12(10)19/h3-7,19H,1-2H3. The molecule has 0 saturated carbocycles. The second kappa shape index (κ2) is 5.20. The molecular formula is C14H12N4O3. The number of methoxy groups -OCH3 is 1. The van der Waals surface area contributed by atoms with E-state index in [1.165, 1.54) is 13.2 Å². The molecular weight excluding hydrogens is 272 g/mol. The van der Waals surface area contributed by atoms with Crippen molar-refractivity contribution in [3.8, 4) is 34.5 Å². The van der Waals surface area contributed by atoms with Crippen LogP contribution in [0.2, 0.25) is 0 Å². The van der Waals surface area contributed by atoms with Gasteiger partial charge in [0.1, 0.15) is 17.2 Å². The average molecular weight is 284 g/mol. The van der Waals surface area contributed by atoms with Crippen LogP contribution in [-0.2, 0) is 0 Å². The number of hydrogen-bond acceptors (Lipinski definition) is 7. The second-order valence-corrected chi connectivity index (χ2v) is 4.37. The molecule has 0 unspecified atom stereocenters. The fourth-order valence-corrected chi connectivity index (χ4v) is 1.77. The number of rotatable bonds is 3. The fourth-order valence-electron chi connectivity index (χ4n) is 1.77. The van der Waals surface area contributed by atoms with Crippen LogP contribution in [-0.4, -0.2) is 32.6 Å². The maximum atomic E-state index is 9.96. The van der Waals surface area contributed by atoms with E-state index in [1.54, 1.807) is 18.2 Å². The first kappa shape index (κ1) is 13.0. The molecule has 106 valence electrons. The minimum Gasteiger partial charge on any atom is -0.507 e. The third-order valence-corrected chi connectivity index (χ3v) is 2.89. The van der Waals surface area contributed by atoms with Gasteiger partial charge >= 0.3 is 0 Å². The molecule has 0 fully saturated rings. The topological polar surface area (TPSA) is 94.2 Å². The van der Waals surface area contributed by atoms with Gasteiger partial charge in [0.2, 0.25) is 5.82 Å². The minimum absolute atomic E-state index is 0.000426. The van der Waals surface area contributed by atoms with Gasteiger partial charge in [-0.1, -0.05) is 5.16 Å². The molecule has 2 aromatic heterocycles. The molecule has 3 rings (SSSR count). The van der Waals surface area contributed by atoms with Gasteiger partial charge in [-0.25, -0.2) is 0 Å². The van der Waals surface area contributed by atoms with E-state index in [2.05, 4.69) is 20.3 Å². The summed E-state index contributed by atoms with van der Waals surface area (Å²) < 4.78 is 10.2. The van der Waals surface area contributed by atoms with E-state index >= 15 is 0 Å². The van der Waals surface area contributed by atoms with Crippen molar-refractivity contribution in [3.63, 3.8) is 0 Å². The molecule has 21 heavy (non-hydrogen) atoms. The summed E-state index contributed by atoms with van der Waals surface area (Å²) in [5.74, 6) is 1.06. The van der Waals surface area contributed by atoms with E-state index in [-0.39, 0.29) is 11.6 Å². The monoisotopic (exact) mass is 284 g/mol. The molecule has 0 aliphatic carbocycles. The molecule has 0 radical (unpaired) electrons. The van der Waals surface area contributed by atoms with Gasteiger partial charge in [0.05, 0.1) is 18.4 Å². The average Bonchev–Trinajstić information content (AvgIpc) is 2.97. The van der Waals surface area contributed by atoms with E-state index in [4.69, 9.17) is 9.26 Å². The lowest BCUT2D eigenvalue weighted by Crippen LogP contribution is -1.91. The Balaban J connectivity index is 1.96. The van der Waals surface area contributed by atoms with E-state index in [1.807, 2.05) is 13.0 Å².